The number of hydrogen-bond acceptors (Lipinski definition) is 3. The maximum absolute atomic E-state index is 5.36. The van der Waals surface area contributed by atoms with Crippen LogP contribution in [0, 0.1) is 18.3 Å². The number of likely N-dealkylation sites (tertiary alicyclic amines) is 1. The summed E-state index contributed by atoms with van der Waals surface area (Å²) in [5.41, 5.74) is 0.801. The van der Waals surface area contributed by atoms with E-state index >= 15 is 0 Å². The molecule has 1 aliphatic heterocycles. The van der Waals surface area contributed by atoms with Crippen molar-refractivity contribution in [1.29, 1.82) is 0 Å². The first-order chi connectivity index (χ1) is 8.19. The molecule has 0 radical (unpaired) electrons. The van der Waals surface area contributed by atoms with Crippen molar-refractivity contribution in [2.45, 2.75) is 32.6 Å². The minimum atomic E-state index is 0.630. The van der Waals surface area contributed by atoms with E-state index in [-0.39, 0.29) is 0 Å². The third-order valence-electron chi connectivity index (χ3n) is 3.23. The summed E-state index contributed by atoms with van der Waals surface area (Å²) in [6.45, 7) is 8.19. The average Bonchev–Trinajstić information content (AvgIpc) is 2.78. The van der Waals surface area contributed by atoms with E-state index in [0.717, 1.165) is 11.6 Å². The predicted molar refractivity (Wildman–Crippen MR) is 73.3 cm³/mol. The molecular formula is C14H20N2S. The van der Waals surface area contributed by atoms with E-state index in [2.05, 4.69) is 29.7 Å². The minimum absolute atomic E-state index is 0.630. The lowest BCUT2D eigenvalue weighted by Crippen LogP contribution is -2.35. The summed E-state index contributed by atoms with van der Waals surface area (Å²) in [5, 5.41) is 3.23. The Balaban J connectivity index is 1.88. The van der Waals surface area contributed by atoms with Crippen molar-refractivity contribution in [1.82, 2.24) is 9.88 Å². The summed E-state index contributed by atoms with van der Waals surface area (Å²) in [7, 11) is 0. The smallest absolute Gasteiger partial charge is 0.124 e. The number of terminal acetylenes is 1. The van der Waals surface area contributed by atoms with Gasteiger partial charge >= 0.3 is 0 Å². The van der Waals surface area contributed by atoms with Crippen LogP contribution in [0.15, 0.2) is 5.38 Å². The molecule has 17 heavy (non-hydrogen) atoms. The van der Waals surface area contributed by atoms with Crippen molar-refractivity contribution in [3.63, 3.8) is 0 Å². The van der Waals surface area contributed by atoms with Crippen molar-refractivity contribution >= 4 is 11.3 Å². The number of nitrogens with zero attached hydrogens (tertiary/aromatic N) is 2. The van der Waals surface area contributed by atoms with Gasteiger partial charge in [-0.15, -0.1) is 17.8 Å². The van der Waals surface area contributed by atoms with Gasteiger partial charge in [-0.1, -0.05) is 13.8 Å². The molecule has 1 aromatic rings. The maximum atomic E-state index is 5.36. The fraction of sp³-hybridized carbons (Fsp3) is 0.643. The van der Waals surface area contributed by atoms with Gasteiger partial charge in [-0.05, 0) is 37.8 Å². The molecule has 1 aliphatic rings. The van der Waals surface area contributed by atoms with Gasteiger partial charge in [0.2, 0.25) is 0 Å². The predicted octanol–water partition coefficient (Wildman–Crippen LogP) is 2.96. The highest BCUT2D eigenvalue weighted by Crippen LogP contribution is 2.30. The van der Waals surface area contributed by atoms with Crippen LogP contribution in [-0.2, 0) is 0 Å². The van der Waals surface area contributed by atoms with E-state index < -0.39 is 0 Å². The van der Waals surface area contributed by atoms with Gasteiger partial charge in [0.15, 0.2) is 0 Å². The Hall–Kier alpha value is -0.850. The monoisotopic (exact) mass is 248 g/mol. The van der Waals surface area contributed by atoms with Crippen molar-refractivity contribution in [3.05, 3.63) is 16.1 Å². The van der Waals surface area contributed by atoms with Crippen molar-refractivity contribution in [2.75, 3.05) is 19.6 Å². The summed E-state index contributed by atoms with van der Waals surface area (Å²) in [6, 6.07) is 0. The van der Waals surface area contributed by atoms with Crippen LogP contribution < -0.4 is 0 Å². The Morgan fingerprint density at radius 2 is 2.24 bits per heavy atom. The molecule has 0 N–H and O–H groups in total. The van der Waals surface area contributed by atoms with E-state index in [0.29, 0.717) is 5.92 Å². The van der Waals surface area contributed by atoms with Crippen LogP contribution in [0.2, 0.25) is 0 Å². The number of hydrogen-bond donors (Lipinski definition) is 0. The molecule has 2 heterocycles. The zero-order chi connectivity index (χ0) is 12.3. The van der Waals surface area contributed by atoms with Gasteiger partial charge in [0.25, 0.3) is 0 Å². The quantitative estimate of drug-likeness (QED) is 0.765. The first kappa shape index (κ1) is 12.6. The SMILES string of the molecule is C#Cc1csc(C2CCN(CC(C)C)CC2)n1. The third kappa shape index (κ3) is 3.31. The molecule has 0 unspecified atom stereocenters. The summed E-state index contributed by atoms with van der Waals surface area (Å²) >= 11 is 1.72. The molecule has 0 spiro atoms. The zero-order valence-corrected chi connectivity index (χ0v) is 11.5. The van der Waals surface area contributed by atoms with Crippen molar-refractivity contribution in [3.8, 4) is 12.3 Å². The van der Waals surface area contributed by atoms with Crippen molar-refractivity contribution in [2.24, 2.45) is 5.92 Å². The summed E-state index contributed by atoms with van der Waals surface area (Å²) < 4.78 is 0. The second kappa shape index (κ2) is 5.66. The Labute approximate surface area is 108 Å². The second-order valence-electron chi connectivity index (χ2n) is 5.18. The molecule has 0 aliphatic carbocycles. The van der Waals surface area contributed by atoms with Gasteiger partial charge in [-0.25, -0.2) is 4.98 Å². The normalized spacial score (nSPS) is 18.5. The molecule has 1 aromatic heterocycles. The van der Waals surface area contributed by atoms with Crippen molar-refractivity contribution < 1.29 is 0 Å². The van der Waals surface area contributed by atoms with Crippen LogP contribution in [0.5, 0.6) is 0 Å². The van der Waals surface area contributed by atoms with Gasteiger partial charge < -0.3 is 4.90 Å². The molecular weight excluding hydrogens is 228 g/mol. The third-order valence-corrected chi connectivity index (χ3v) is 4.24. The van der Waals surface area contributed by atoms with Gasteiger partial charge in [0.1, 0.15) is 5.69 Å². The molecule has 1 fully saturated rings. The Morgan fingerprint density at radius 1 is 1.53 bits per heavy atom. The zero-order valence-electron chi connectivity index (χ0n) is 10.6. The van der Waals surface area contributed by atoms with Gasteiger partial charge in [0.05, 0.1) is 5.01 Å². The molecule has 2 nitrogen and oxygen atoms in total. The Kier molecular flexibility index (Phi) is 4.20. The molecule has 0 aromatic carbocycles. The highest BCUT2D eigenvalue weighted by Gasteiger charge is 2.22. The van der Waals surface area contributed by atoms with Gasteiger partial charge in [-0.3, -0.25) is 0 Å². The van der Waals surface area contributed by atoms with E-state index in [1.807, 2.05) is 5.38 Å². The minimum Gasteiger partial charge on any atom is -0.303 e. The summed E-state index contributed by atoms with van der Waals surface area (Å²) in [6.07, 6.45) is 7.81. The first-order valence-electron chi connectivity index (χ1n) is 6.33. The molecule has 1 saturated heterocycles. The van der Waals surface area contributed by atoms with E-state index in [1.54, 1.807) is 11.3 Å². The number of aromatic nitrogens is 1. The van der Waals surface area contributed by atoms with Crippen LogP contribution in [0.4, 0.5) is 0 Å². The van der Waals surface area contributed by atoms with Gasteiger partial charge in [0, 0.05) is 17.8 Å². The standard InChI is InChI=1S/C14H20N2S/c1-4-13-10-17-14(15-13)12-5-7-16(8-6-12)9-11(2)3/h1,10-12H,5-9H2,2-3H3. The molecule has 92 valence electrons. The molecule has 0 amide bonds. The molecule has 3 heteroatoms. The number of thiazole rings is 1. The maximum Gasteiger partial charge on any atom is 0.124 e. The van der Waals surface area contributed by atoms with E-state index in [4.69, 9.17) is 6.42 Å². The number of piperidine rings is 1. The molecule has 2 rings (SSSR count). The summed E-state index contributed by atoms with van der Waals surface area (Å²) in [4.78, 5) is 7.07. The van der Waals surface area contributed by atoms with Crippen LogP contribution in [0.1, 0.15) is 43.3 Å². The Morgan fingerprint density at radius 3 is 2.76 bits per heavy atom. The molecule has 0 saturated carbocycles. The Bertz CT molecular complexity index is 395. The molecule has 0 atom stereocenters. The fourth-order valence-electron chi connectivity index (χ4n) is 2.42. The second-order valence-corrected chi connectivity index (χ2v) is 6.07. The van der Waals surface area contributed by atoms with E-state index in [9.17, 15) is 0 Å². The largest absolute Gasteiger partial charge is 0.303 e. The fourth-order valence-corrected chi connectivity index (χ4v) is 3.35. The number of rotatable bonds is 3. The van der Waals surface area contributed by atoms with Crippen LogP contribution in [0.25, 0.3) is 0 Å². The lowest BCUT2D eigenvalue weighted by atomic mass is 9.97. The highest BCUT2D eigenvalue weighted by atomic mass is 32.1. The lowest BCUT2D eigenvalue weighted by Gasteiger charge is -2.32. The highest BCUT2D eigenvalue weighted by molar-refractivity contribution is 7.09. The molecule has 0 bridgehead atoms. The average molecular weight is 248 g/mol. The topological polar surface area (TPSA) is 16.1 Å². The first-order valence-corrected chi connectivity index (χ1v) is 7.21. The van der Waals surface area contributed by atoms with Crippen LogP contribution >= 0.6 is 11.3 Å². The van der Waals surface area contributed by atoms with Gasteiger partial charge in [-0.2, -0.15) is 0 Å². The summed E-state index contributed by atoms with van der Waals surface area (Å²) in [5.74, 6) is 4.00. The lowest BCUT2D eigenvalue weighted by molar-refractivity contribution is 0.192. The van der Waals surface area contributed by atoms with Crippen LogP contribution in [0.3, 0.4) is 0 Å². The van der Waals surface area contributed by atoms with E-state index in [1.165, 1.54) is 37.5 Å². The van der Waals surface area contributed by atoms with Crippen LogP contribution in [-0.4, -0.2) is 29.5 Å².